The molecule has 0 atom stereocenters. The van der Waals surface area contributed by atoms with Crippen molar-refractivity contribution in [2.75, 3.05) is 32.8 Å². The smallest absolute Gasteiger partial charge is 0.250 e. The van der Waals surface area contributed by atoms with Crippen LogP contribution in [0, 0.1) is 6.92 Å². The molecule has 2 rings (SSSR count). The Balaban J connectivity index is 2.31. The number of hydrogen-bond acceptors (Lipinski definition) is 4. The average Bonchev–Trinajstić information content (AvgIpc) is 2.67. The van der Waals surface area contributed by atoms with Crippen molar-refractivity contribution in [1.29, 1.82) is 0 Å². The molecule has 138 valence electrons. The van der Waals surface area contributed by atoms with E-state index in [9.17, 15) is 4.79 Å². The minimum Gasteiger partial charge on any atom is -0.493 e. The molecule has 0 bridgehead atoms. The third-order valence-corrected chi connectivity index (χ3v) is 4.09. The second-order valence-corrected chi connectivity index (χ2v) is 5.66. The molecule has 26 heavy (non-hydrogen) atoms. The first kappa shape index (κ1) is 19.4. The van der Waals surface area contributed by atoms with Gasteiger partial charge in [-0.1, -0.05) is 18.2 Å². The van der Waals surface area contributed by atoms with Crippen LogP contribution in [-0.4, -0.2) is 33.8 Å². The van der Waals surface area contributed by atoms with Crippen molar-refractivity contribution < 1.29 is 19.0 Å². The van der Waals surface area contributed by atoms with Crippen LogP contribution in [0.4, 0.5) is 5.69 Å². The molecule has 0 spiro atoms. The Hall–Kier alpha value is -2.95. The van der Waals surface area contributed by atoms with Crippen LogP contribution < -0.4 is 19.1 Å². The van der Waals surface area contributed by atoms with Crippen LogP contribution >= 0.6 is 0 Å². The van der Waals surface area contributed by atoms with Gasteiger partial charge >= 0.3 is 0 Å². The fourth-order valence-corrected chi connectivity index (χ4v) is 2.77. The van der Waals surface area contributed by atoms with E-state index in [-0.39, 0.29) is 5.91 Å². The largest absolute Gasteiger partial charge is 0.493 e. The van der Waals surface area contributed by atoms with Crippen LogP contribution in [0.3, 0.4) is 0 Å². The zero-order valence-corrected chi connectivity index (χ0v) is 15.9. The third kappa shape index (κ3) is 4.17. The number of rotatable bonds is 7. The Bertz CT molecular complexity index is 773. The standard InChI is InChI=1S/C21H25NO4/c1-6-22(17-10-8-7-9-15(17)2)20(23)12-11-16-13-18(24-3)21(26-5)19(14-16)25-4/h7-14H,6H2,1-5H3/b12-11+. The number of anilines is 1. The molecule has 0 aromatic heterocycles. The normalized spacial score (nSPS) is 10.7. The summed E-state index contributed by atoms with van der Waals surface area (Å²) in [5.74, 6) is 1.53. The predicted octanol–water partition coefficient (Wildman–Crippen LogP) is 4.09. The van der Waals surface area contributed by atoms with Gasteiger partial charge in [-0.25, -0.2) is 0 Å². The summed E-state index contributed by atoms with van der Waals surface area (Å²) in [6.45, 7) is 4.54. The number of carbonyl (C=O) groups excluding carboxylic acids is 1. The van der Waals surface area contributed by atoms with Crippen molar-refractivity contribution in [3.63, 3.8) is 0 Å². The number of para-hydroxylation sites is 1. The molecule has 0 saturated carbocycles. The van der Waals surface area contributed by atoms with E-state index < -0.39 is 0 Å². The lowest BCUT2D eigenvalue weighted by Gasteiger charge is -2.21. The maximum Gasteiger partial charge on any atom is 0.250 e. The highest BCUT2D eigenvalue weighted by atomic mass is 16.5. The highest BCUT2D eigenvalue weighted by Gasteiger charge is 2.14. The van der Waals surface area contributed by atoms with Gasteiger partial charge in [-0.05, 0) is 49.2 Å². The number of benzene rings is 2. The molecule has 2 aromatic carbocycles. The molecule has 0 saturated heterocycles. The Kier molecular flexibility index (Phi) is 6.67. The van der Waals surface area contributed by atoms with E-state index in [0.29, 0.717) is 23.8 Å². The average molecular weight is 355 g/mol. The summed E-state index contributed by atoms with van der Waals surface area (Å²) in [5.41, 5.74) is 2.76. The summed E-state index contributed by atoms with van der Waals surface area (Å²) in [6.07, 6.45) is 3.30. The van der Waals surface area contributed by atoms with Gasteiger partial charge in [0.1, 0.15) is 0 Å². The lowest BCUT2D eigenvalue weighted by Crippen LogP contribution is -2.29. The highest BCUT2D eigenvalue weighted by Crippen LogP contribution is 2.38. The predicted molar refractivity (Wildman–Crippen MR) is 104 cm³/mol. The minimum absolute atomic E-state index is 0.0875. The van der Waals surface area contributed by atoms with Gasteiger partial charge in [-0.2, -0.15) is 0 Å². The maximum atomic E-state index is 12.7. The lowest BCUT2D eigenvalue weighted by atomic mass is 10.1. The van der Waals surface area contributed by atoms with Crippen molar-refractivity contribution >= 4 is 17.7 Å². The zero-order valence-electron chi connectivity index (χ0n) is 15.9. The number of likely N-dealkylation sites (N-methyl/N-ethyl adjacent to an activating group) is 1. The molecular weight excluding hydrogens is 330 g/mol. The minimum atomic E-state index is -0.0875. The molecule has 0 aliphatic heterocycles. The van der Waals surface area contributed by atoms with Crippen LogP contribution in [0.25, 0.3) is 6.08 Å². The molecule has 1 amide bonds. The zero-order chi connectivity index (χ0) is 19.1. The van der Waals surface area contributed by atoms with Gasteiger partial charge in [-0.15, -0.1) is 0 Å². The summed E-state index contributed by atoms with van der Waals surface area (Å²) in [7, 11) is 4.68. The number of aryl methyl sites for hydroxylation is 1. The summed E-state index contributed by atoms with van der Waals surface area (Å²) in [5, 5.41) is 0. The van der Waals surface area contributed by atoms with Crippen molar-refractivity contribution in [3.8, 4) is 17.2 Å². The molecule has 0 aliphatic carbocycles. The first-order valence-corrected chi connectivity index (χ1v) is 8.40. The van der Waals surface area contributed by atoms with Crippen LogP contribution in [0.5, 0.6) is 17.2 Å². The summed E-state index contributed by atoms with van der Waals surface area (Å²) >= 11 is 0. The van der Waals surface area contributed by atoms with Gasteiger partial charge in [0.15, 0.2) is 11.5 Å². The number of amides is 1. The Morgan fingerprint density at radius 1 is 1.04 bits per heavy atom. The van der Waals surface area contributed by atoms with Gasteiger partial charge in [-0.3, -0.25) is 4.79 Å². The van der Waals surface area contributed by atoms with Crippen molar-refractivity contribution in [2.45, 2.75) is 13.8 Å². The van der Waals surface area contributed by atoms with Crippen LogP contribution in [0.1, 0.15) is 18.1 Å². The van der Waals surface area contributed by atoms with E-state index in [1.165, 1.54) is 0 Å². The first-order chi connectivity index (χ1) is 12.5. The van der Waals surface area contributed by atoms with Gasteiger partial charge in [0.05, 0.1) is 21.3 Å². The SMILES string of the molecule is CCN(C(=O)/C=C/c1cc(OC)c(OC)c(OC)c1)c1ccccc1C. The number of carbonyl (C=O) groups is 1. The molecular formula is C21H25NO4. The molecule has 0 radical (unpaired) electrons. The van der Waals surface area contributed by atoms with Crippen molar-refractivity contribution in [2.24, 2.45) is 0 Å². The number of methoxy groups -OCH3 is 3. The molecule has 0 heterocycles. The monoisotopic (exact) mass is 355 g/mol. The molecule has 2 aromatic rings. The summed E-state index contributed by atoms with van der Waals surface area (Å²) < 4.78 is 16.0. The van der Waals surface area contributed by atoms with Crippen LogP contribution in [0.2, 0.25) is 0 Å². The Morgan fingerprint density at radius 3 is 2.15 bits per heavy atom. The highest BCUT2D eigenvalue weighted by molar-refractivity contribution is 6.04. The van der Waals surface area contributed by atoms with Crippen LogP contribution in [0.15, 0.2) is 42.5 Å². The number of hydrogen-bond donors (Lipinski definition) is 0. The van der Waals surface area contributed by atoms with Gasteiger partial charge in [0, 0.05) is 18.3 Å². The number of ether oxygens (including phenoxy) is 3. The fourth-order valence-electron chi connectivity index (χ4n) is 2.77. The molecule has 5 heteroatoms. The number of nitrogens with zero attached hydrogens (tertiary/aromatic N) is 1. The van der Waals surface area contributed by atoms with E-state index in [1.54, 1.807) is 50.5 Å². The quantitative estimate of drug-likeness (QED) is 0.702. The maximum absolute atomic E-state index is 12.7. The molecule has 0 fully saturated rings. The molecule has 0 aliphatic rings. The van der Waals surface area contributed by atoms with E-state index in [0.717, 1.165) is 16.8 Å². The van der Waals surface area contributed by atoms with E-state index in [2.05, 4.69) is 0 Å². The molecule has 0 N–H and O–H groups in total. The van der Waals surface area contributed by atoms with Gasteiger partial charge in [0.2, 0.25) is 5.75 Å². The van der Waals surface area contributed by atoms with E-state index >= 15 is 0 Å². The topological polar surface area (TPSA) is 48.0 Å². The van der Waals surface area contributed by atoms with Gasteiger partial charge in [0.25, 0.3) is 5.91 Å². The van der Waals surface area contributed by atoms with Crippen LogP contribution in [-0.2, 0) is 4.79 Å². The second kappa shape index (κ2) is 8.94. The lowest BCUT2D eigenvalue weighted by molar-refractivity contribution is -0.114. The third-order valence-electron chi connectivity index (χ3n) is 4.09. The molecule has 5 nitrogen and oxygen atoms in total. The Labute approximate surface area is 154 Å². The fraction of sp³-hybridized carbons (Fsp3) is 0.286. The van der Waals surface area contributed by atoms with Crippen molar-refractivity contribution in [3.05, 3.63) is 53.6 Å². The van der Waals surface area contributed by atoms with E-state index in [4.69, 9.17) is 14.2 Å². The van der Waals surface area contributed by atoms with E-state index in [1.807, 2.05) is 38.1 Å². The summed E-state index contributed by atoms with van der Waals surface area (Å²) in [6, 6.07) is 11.4. The Morgan fingerprint density at radius 2 is 1.65 bits per heavy atom. The molecule has 0 unspecified atom stereocenters. The van der Waals surface area contributed by atoms with Crippen molar-refractivity contribution in [1.82, 2.24) is 0 Å². The second-order valence-electron chi connectivity index (χ2n) is 5.66. The summed E-state index contributed by atoms with van der Waals surface area (Å²) in [4.78, 5) is 14.4. The first-order valence-electron chi connectivity index (χ1n) is 8.40. The van der Waals surface area contributed by atoms with Gasteiger partial charge < -0.3 is 19.1 Å².